The van der Waals surface area contributed by atoms with E-state index in [1.54, 1.807) is 36.6 Å². The van der Waals surface area contributed by atoms with Crippen molar-refractivity contribution < 1.29 is 22.4 Å². The van der Waals surface area contributed by atoms with Gasteiger partial charge in [-0.2, -0.15) is 18.3 Å². The summed E-state index contributed by atoms with van der Waals surface area (Å²) in [5.74, 6) is 0.578. The van der Waals surface area contributed by atoms with Gasteiger partial charge in [-0.3, -0.25) is 4.79 Å². The molecule has 164 valence electrons. The van der Waals surface area contributed by atoms with Crippen LogP contribution in [0.3, 0.4) is 0 Å². The van der Waals surface area contributed by atoms with E-state index in [-0.39, 0.29) is 11.9 Å². The average Bonchev–Trinajstić information content (AvgIpc) is 3.44. The summed E-state index contributed by atoms with van der Waals surface area (Å²) >= 11 is 0. The van der Waals surface area contributed by atoms with Gasteiger partial charge in [0.2, 0.25) is 0 Å². The molecule has 1 saturated heterocycles. The van der Waals surface area contributed by atoms with Crippen molar-refractivity contribution in [3.8, 4) is 5.69 Å². The molecule has 1 fully saturated rings. The number of hydrogen-bond acceptors (Lipinski definition) is 4. The second kappa shape index (κ2) is 8.58. The first kappa shape index (κ1) is 21.2. The normalized spacial score (nSPS) is 15.9. The van der Waals surface area contributed by atoms with Crippen LogP contribution in [0.1, 0.15) is 34.7 Å². The Bertz CT molecular complexity index is 1000. The summed E-state index contributed by atoms with van der Waals surface area (Å²) in [7, 11) is 2.06. The van der Waals surface area contributed by atoms with E-state index < -0.39 is 11.9 Å². The standard InChI is InChI=1S/C22H23F3N4O2/c1-27-11-8-17(9-12-27)28(15-19-3-2-14-31-19)21(30)16-4-6-18(7-5-16)29-13-10-20(26-29)22(23,24)25/h2-7,10,13-14,17H,8-9,11-12,15H2,1H3. The molecule has 1 aliphatic rings. The molecule has 0 saturated carbocycles. The fourth-order valence-electron chi connectivity index (χ4n) is 3.79. The van der Waals surface area contributed by atoms with Crippen LogP contribution in [0.15, 0.2) is 59.3 Å². The molecule has 1 aromatic carbocycles. The van der Waals surface area contributed by atoms with Gasteiger partial charge >= 0.3 is 6.18 Å². The van der Waals surface area contributed by atoms with E-state index >= 15 is 0 Å². The van der Waals surface area contributed by atoms with Crippen LogP contribution in [-0.4, -0.2) is 51.7 Å². The summed E-state index contributed by atoms with van der Waals surface area (Å²) in [4.78, 5) is 17.4. The summed E-state index contributed by atoms with van der Waals surface area (Å²) in [6.07, 6.45) is 0.0762. The highest BCUT2D eigenvalue weighted by atomic mass is 19.4. The van der Waals surface area contributed by atoms with Crippen molar-refractivity contribution in [1.29, 1.82) is 0 Å². The topological polar surface area (TPSA) is 54.5 Å². The highest BCUT2D eigenvalue weighted by Gasteiger charge is 2.33. The Morgan fingerprint density at radius 2 is 1.87 bits per heavy atom. The number of furan rings is 1. The Labute approximate surface area is 177 Å². The van der Waals surface area contributed by atoms with Crippen LogP contribution in [0.5, 0.6) is 0 Å². The summed E-state index contributed by atoms with van der Waals surface area (Å²) in [6.45, 7) is 2.19. The van der Waals surface area contributed by atoms with Crippen molar-refractivity contribution in [2.24, 2.45) is 0 Å². The van der Waals surface area contributed by atoms with Gasteiger partial charge in [-0.25, -0.2) is 4.68 Å². The van der Waals surface area contributed by atoms with Gasteiger partial charge in [0, 0.05) is 17.8 Å². The van der Waals surface area contributed by atoms with Crippen LogP contribution < -0.4 is 0 Å². The van der Waals surface area contributed by atoms with E-state index in [4.69, 9.17) is 4.42 Å². The fraction of sp³-hybridized carbons (Fsp3) is 0.364. The summed E-state index contributed by atoms with van der Waals surface area (Å²) in [6, 6.07) is 11.1. The van der Waals surface area contributed by atoms with Gasteiger partial charge in [-0.15, -0.1) is 0 Å². The van der Waals surface area contributed by atoms with E-state index in [9.17, 15) is 18.0 Å². The number of halogens is 3. The van der Waals surface area contributed by atoms with Crippen LogP contribution in [0, 0.1) is 0 Å². The van der Waals surface area contributed by atoms with Crippen molar-refractivity contribution in [2.45, 2.75) is 31.6 Å². The molecule has 0 N–H and O–H groups in total. The minimum Gasteiger partial charge on any atom is -0.467 e. The molecule has 9 heteroatoms. The minimum absolute atomic E-state index is 0.0916. The zero-order valence-corrected chi connectivity index (χ0v) is 17.0. The summed E-state index contributed by atoms with van der Waals surface area (Å²) in [5.41, 5.74) is -0.0408. The van der Waals surface area contributed by atoms with Crippen molar-refractivity contribution >= 4 is 5.91 Å². The SMILES string of the molecule is CN1CCC(N(Cc2ccco2)C(=O)c2ccc(-n3ccc(C(F)(F)F)n3)cc2)CC1. The largest absolute Gasteiger partial charge is 0.467 e. The number of aromatic nitrogens is 2. The molecule has 0 unspecified atom stereocenters. The average molecular weight is 432 g/mol. The summed E-state index contributed by atoms with van der Waals surface area (Å²) in [5, 5.41) is 3.57. The molecule has 4 rings (SSSR count). The van der Waals surface area contributed by atoms with Gasteiger partial charge in [0.25, 0.3) is 5.91 Å². The van der Waals surface area contributed by atoms with Gasteiger partial charge < -0.3 is 14.2 Å². The number of hydrogen-bond donors (Lipinski definition) is 0. The minimum atomic E-state index is -4.50. The number of likely N-dealkylation sites (tertiary alicyclic amines) is 1. The number of nitrogens with zero attached hydrogens (tertiary/aromatic N) is 4. The van der Waals surface area contributed by atoms with Crippen LogP contribution in [-0.2, 0) is 12.7 Å². The predicted molar refractivity (Wildman–Crippen MR) is 108 cm³/mol. The van der Waals surface area contributed by atoms with E-state index in [2.05, 4.69) is 17.0 Å². The molecule has 0 aliphatic carbocycles. The van der Waals surface area contributed by atoms with Crippen molar-refractivity contribution in [3.05, 3.63) is 71.9 Å². The highest BCUT2D eigenvalue weighted by Crippen LogP contribution is 2.28. The monoisotopic (exact) mass is 432 g/mol. The van der Waals surface area contributed by atoms with E-state index in [1.165, 1.54) is 6.20 Å². The molecular weight excluding hydrogens is 409 g/mol. The molecule has 2 aromatic heterocycles. The Hall–Kier alpha value is -3.07. The lowest BCUT2D eigenvalue weighted by molar-refractivity contribution is -0.141. The first-order valence-electron chi connectivity index (χ1n) is 10.1. The molecule has 3 heterocycles. The van der Waals surface area contributed by atoms with Crippen LogP contribution in [0.4, 0.5) is 13.2 Å². The number of amides is 1. The van der Waals surface area contributed by atoms with Crippen molar-refractivity contribution in [3.63, 3.8) is 0 Å². The first-order chi connectivity index (χ1) is 14.8. The second-order valence-corrected chi connectivity index (χ2v) is 7.74. The van der Waals surface area contributed by atoms with E-state index in [0.717, 1.165) is 36.7 Å². The van der Waals surface area contributed by atoms with Crippen molar-refractivity contribution in [2.75, 3.05) is 20.1 Å². The highest BCUT2D eigenvalue weighted by molar-refractivity contribution is 5.94. The van der Waals surface area contributed by atoms with Crippen LogP contribution in [0.25, 0.3) is 5.69 Å². The maximum absolute atomic E-state index is 13.3. The first-order valence-corrected chi connectivity index (χ1v) is 10.1. The third-order valence-electron chi connectivity index (χ3n) is 5.55. The third kappa shape index (κ3) is 4.82. The lowest BCUT2D eigenvalue weighted by Gasteiger charge is -2.37. The molecule has 0 bridgehead atoms. The predicted octanol–water partition coefficient (Wildman–Crippen LogP) is 4.22. The van der Waals surface area contributed by atoms with Gasteiger partial charge in [0.05, 0.1) is 18.5 Å². The maximum atomic E-state index is 13.3. The van der Waals surface area contributed by atoms with E-state index in [0.29, 0.717) is 23.6 Å². The maximum Gasteiger partial charge on any atom is 0.435 e. The van der Waals surface area contributed by atoms with Gasteiger partial charge in [0.15, 0.2) is 5.69 Å². The zero-order chi connectivity index (χ0) is 22.0. The van der Waals surface area contributed by atoms with Crippen LogP contribution >= 0.6 is 0 Å². The van der Waals surface area contributed by atoms with E-state index in [1.807, 2.05) is 11.0 Å². The Kier molecular flexibility index (Phi) is 5.86. The number of alkyl halides is 3. The number of rotatable bonds is 5. The Balaban J connectivity index is 1.54. The Morgan fingerprint density at radius 1 is 1.16 bits per heavy atom. The molecular formula is C22H23F3N4O2. The second-order valence-electron chi connectivity index (χ2n) is 7.74. The van der Waals surface area contributed by atoms with Gasteiger partial charge in [0.1, 0.15) is 5.76 Å². The zero-order valence-electron chi connectivity index (χ0n) is 17.0. The van der Waals surface area contributed by atoms with Crippen LogP contribution in [0.2, 0.25) is 0 Å². The number of benzene rings is 1. The molecule has 31 heavy (non-hydrogen) atoms. The van der Waals surface area contributed by atoms with Gasteiger partial charge in [-0.05, 0) is 75.4 Å². The number of piperidine rings is 1. The lowest BCUT2D eigenvalue weighted by Crippen LogP contribution is -2.46. The molecule has 0 radical (unpaired) electrons. The third-order valence-corrected chi connectivity index (χ3v) is 5.55. The molecule has 6 nitrogen and oxygen atoms in total. The smallest absolute Gasteiger partial charge is 0.435 e. The summed E-state index contributed by atoms with van der Waals surface area (Å²) < 4.78 is 45.0. The number of carbonyl (C=O) groups excluding carboxylic acids is 1. The molecule has 0 spiro atoms. The molecule has 3 aromatic rings. The van der Waals surface area contributed by atoms with Gasteiger partial charge in [-0.1, -0.05) is 0 Å². The fourth-order valence-corrected chi connectivity index (χ4v) is 3.79. The quantitative estimate of drug-likeness (QED) is 0.606. The molecule has 0 atom stereocenters. The molecule has 1 aliphatic heterocycles. The molecule has 1 amide bonds. The number of carbonyl (C=O) groups is 1. The Morgan fingerprint density at radius 3 is 2.45 bits per heavy atom. The lowest BCUT2D eigenvalue weighted by atomic mass is 10.0. The van der Waals surface area contributed by atoms with Crippen molar-refractivity contribution in [1.82, 2.24) is 19.6 Å².